The Morgan fingerprint density at radius 3 is 2.29 bits per heavy atom. The highest BCUT2D eigenvalue weighted by Crippen LogP contribution is 2.31. The standard InChI is InChI=1S/C22H19F3N4O2.C13H15NO3/c1-2-28-20-15(13-26-29(20)17-9-4-3-5-10-17)12-18(21(28)31)27-19(30)14-7-6-8-16(11-14)22(23,24)25;1-10(8-12(15)17-2)13(16)14-9-11-6-4-3-5-7-11/h3-11,13,18H,2,12H2,1H3,(H,27,30);3-7H,1,8-9H2,2H3,(H,14,16). The number of rotatable bonds is 9. The Hall–Kier alpha value is -5.72. The number of fused-ring (bicyclic) bond motifs is 1. The fraction of sp³-hybridized carbons (Fsp3) is 0.229. The number of anilines is 1. The maximum absolute atomic E-state index is 13.1. The van der Waals surface area contributed by atoms with E-state index in [9.17, 15) is 32.3 Å². The number of nitrogens with zero attached hydrogens (tertiary/aromatic N) is 3. The molecule has 1 aliphatic heterocycles. The highest BCUT2D eigenvalue weighted by atomic mass is 19.4. The predicted molar refractivity (Wildman–Crippen MR) is 172 cm³/mol. The van der Waals surface area contributed by atoms with Crippen molar-refractivity contribution in [3.63, 3.8) is 0 Å². The minimum atomic E-state index is -4.56. The van der Waals surface area contributed by atoms with Crippen molar-refractivity contribution in [2.75, 3.05) is 18.6 Å². The number of hydrogen-bond donors (Lipinski definition) is 2. The number of carbonyl (C=O) groups excluding carboxylic acids is 4. The number of para-hydroxylation sites is 1. The first-order valence-electron chi connectivity index (χ1n) is 14.9. The highest BCUT2D eigenvalue weighted by Gasteiger charge is 2.37. The SMILES string of the molecule is C=C(CC(=O)OC)C(=O)NCc1ccccc1.CCN1C(=O)C(NC(=O)c2cccc(C(F)(F)F)c2)Cc2cnn(-c3ccccc3)c21. The van der Waals surface area contributed by atoms with Crippen LogP contribution in [0.25, 0.3) is 5.69 Å². The van der Waals surface area contributed by atoms with E-state index in [1.54, 1.807) is 17.8 Å². The summed E-state index contributed by atoms with van der Waals surface area (Å²) in [5.41, 5.74) is 1.67. The zero-order valence-electron chi connectivity index (χ0n) is 26.3. The average Bonchev–Trinajstić information content (AvgIpc) is 3.51. The normalized spacial score (nSPS) is 13.8. The van der Waals surface area contributed by atoms with Crippen LogP contribution in [0.5, 0.6) is 0 Å². The number of alkyl halides is 3. The van der Waals surface area contributed by atoms with Crippen LogP contribution in [0.2, 0.25) is 0 Å². The number of carbonyl (C=O) groups is 4. The smallest absolute Gasteiger partial charge is 0.416 e. The second-order valence-electron chi connectivity index (χ2n) is 10.7. The zero-order chi connectivity index (χ0) is 34.8. The fourth-order valence-corrected chi connectivity index (χ4v) is 4.89. The van der Waals surface area contributed by atoms with E-state index in [1.165, 1.54) is 24.1 Å². The molecular formula is C35H34F3N5O5. The summed E-state index contributed by atoms with van der Waals surface area (Å²) in [6, 6.07) is 22.1. The average molecular weight is 662 g/mol. The van der Waals surface area contributed by atoms with E-state index >= 15 is 0 Å². The molecule has 2 heterocycles. The van der Waals surface area contributed by atoms with Crippen molar-refractivity contribution in [3.05, 3.63) is 126 Å². The second-order valence-corrected chi connectivity index (χ2v) is 10.7. The number of likely N-dealkylation sites (N-methyl/N-ethyl adjacent to an activating group) is 1. The molecule has 3 amide bonds. The summed E-state index contributed by atoms with van der Waals surface area (Å²) in [6.07, 6.45) is -2.81. The van der Waals surface area contributed by atoms with E-state index < -0.39 is 29.7 Å². The molecule has 0 fully saturated rings. The first-order chi connectivity index (χ1) is 22.9. The molecule has 48 heavy (non-hydrogen) atoms. The van der Waals surface area contributed by atoms with Gasteiger partial charge in [-0.3, -0.25) is 24.1 Å². The quantitative estimate of drug-likeness (QED) is 0.192. The maximum Gasteiger partial charge on any atom is 0.416 e. The molecule has 0 saturated carbocycles. The van der Waals surface area contributed by atoms with E-state index in [-0.39, 0.29) is 35.8 Å². The number of hydrogen-bond acceptors (Lipinski definition) is 6. The Morgan fingerprint density at radius 1 is 1.00 bits per heavy atom. The van der Waals surface area contributed by atoms with Gasteiger partial charge in [0.05, 0.1) is 31.0 Å². The number of amides is 3. The predicted octanol–water partition coefficient (Wildman–Crippen LogP) is 5.02. The summed E-state index contributed by atoms with van der Waals surface area (Å²) in [6.45, 7) is 6.11. The van der Waals surface area contributed by atoms with Crippen LogP contribution in [-0.4, -0.2) is 53.2 Å². The van der Waals surface area contributed by atoms with E-state index in [0.29, 0.717) is 18.9 Å². The Labute approximate surface area is 275 Å². The molecule has 0 radical (unpaired) electrons. The van der Waals surface area contributed by atoms with Crippen LogP contribution in [0.3, 0.4) is 0 Å². The Balaban J connectivity index is 0.000000260. The lowest BCUT2D eigenvalue weighted by atomic mass is 10.0. The highest BCUT2D eigenvalue weighted by molar-refractivity contribution is 6.04. The van der Waals surface area contributed by atoms with Crippen LogP contribution < -0.4 is 15.5 Å². The largest absolute Gasteiger partial charge is 0.469 e. The molecule has 10 nitrogen and oxygen atoms in total. The van der Waals surface area contributed by atoms with Gasteiger partial charge in [-0.1, -0.05) is 61.2 Å². The van der Waals surface area contributed by atoms with Crippen molar-refractivity contribution < 1.29 is 37.1 Å². The topological polar surface area (TPSA) is 123 Å². The molecule has 0 bridgehead atoms. The van der Waals surface area contributed by atoms with Gasteiger partial charge in [-0.25, -0.2) is 4.68 Å². The number of aromatic nitrogens is 2. The monoisotopic (exact) mass is 661 g/mol. The number of ether oxygens (including phenoxy) is 1. The second kappa shape index (κ2) is 15.7. The van der Waals surface area contributed by atoms with Crippen LogP contribution in [0.4, 0.5) is 19.0 Å². The molecule has 0 spiro atoms. The molecule has 13 heteroatoms. The van der Waals surface area contributed by atoms with Gasteiger partial charge in [0.15, 0.2) is 0 Å². The summed E-state index contributed by atoms with van der Waals surface area (Å²) in [4.78, 5) is 49.7. The molecule has 5 rings (SSSR count). The molecule has 3 aromatic carbocycles. The fourth-order valence-electron chi connectivity index (χ4n) is 4.89. The molecular weight excluding hydrogens is 627 g/mol. The van der Waals surface area contributed by atoms with Gasteiger partial charge in [0.25, 0.3) is 11.8 Å². The first kappa shape index (κ1) is 35.1. The Kier molecular flexibility index (Phi) is 11.5. The third-order valence-electron chi connectivity index (χ3n) is 7.34. The lowest BCUT2D eigenvalue weighted by Crippen LogP contribution is -2.53. The lowest BCUT2D eigenvalue weighted by Gasteiger charge is -2.32. The molecule has 2 N–H and O–H groups in total. The van der Waals surface area contributed by atoms with Gasteiger partial charge in [0.2, 0.25) is 5.91 Å². The van der Waals surface area contributed by atoms with Crippen molar-refractivity contribution in [2.45, 2.75) is 38.5 Å². The number of nitrogens with one attached hydrogen (secondary N) is 2. The number of esters is 1. The van der Waals surface area contributed by atoms with Gasteiger partial charge in [-0.05, 0) is 42.8 Å². The molecule has 250 valence electrons. The van der Waals surface area contributed by atoms with Crippen LogP contribution in [0.1, 0.15) is 40.4 Å². The summed E-state index contributed by atoms with van der Waals surface area (Å²) in [5, 5.41) is 9.66. The van der Waals surface area contributed by atoms with Crippen LogP contribution >= 0.6 is 0 Å². The Bertz CT molecular complexity index is 1770. The van der Waals surface area contributed by atoms with E-state index in [0.717, 1.165) is 28.9 Å². The van der Waals surface area contributed by atoms with Gasteiger partial charge in [0.1, 0.15) is 11.9 Å². The van der Waals surface area contributed by atoms with Crippen LogP contribution in [0, 0.1) is 0 Å². The van der Waals surface area contributed by atoms with Gasteiger partial charge in [-0.2, -0.15) is 18.3 Å². The minimum absolute atomic E-state index is 0.0862. The number of benzene rings is 3. The molecule has 0 saturated heterocycles. The summed E-state index contributed by atoms with van der Waals surface area (Å²) >= 11 is 0. The molecule has 1 aliphatic rings. The summed E-state index contributed by atoms with van der Waals surface area (Å²) in [7, 11) is 1.28. The molecule has 1 atom stereocenters. The van der Waals surface area contributed by atoms with Crippen molar-refractivity contribution in [2.24, 2.45) is 0 Å². The van der Waals surface area contributed by atoms with Gasteiger partial charge < -0.3 is 15.4 Å². The lowest BCUT2D eigenvalue weighted by molar-refractivity contribution is -0.140. The number of methoxy groups -OCH3 is 1. The third-order valence-corrected chi connectivity index (χ3v) is 7.34. The van der Waals surface area contributed by atoms with Gasteiger partial charge in [-0.15, -0.1) is 0 Å². The van der Waals surface area contributed by atoms with E-state index in [2.05, 4.69) is 27.0 Å². The van der Waals surface area contributed by atoms with Crippen LogP contribution in [-0.2, 0) is 38.3 Å². The first-order valence-corrected chi connectivity index (χ1v) is 14.9. The van der Waals surface area contributed by atoms with Crippen molar-refractivity contribution >= 4 is 29.5 Å². The van der Waals surface area contributed by atoms with Crippen molar-refractivity contribution in [3.8, 4) is 5.69 Å². The van der Waals surface area contributed by atoms with Gasteiger partial charge >= 0.3 is 12.1 Å². The number of halogens is 3. The third kappa shape index (κ3) is 8.75. The summed E-state index contributed by atoms with van der Waals surface area (Å²) < 4.78 is 45.0. The minimum Gasteiger partial charge on any atom is -0.469 e. The van der Waals surface area contributed by atoms with Gasteiger partial charge in [0, 0.05) is 36.2 Å². The molecule has 4 aromatic rings. The molecule has 0 aliphatic carbocycles. The van der Waals surface area contributed by atoms with E-state index in [4.69, 9.17) is 0 Å². The van der Waals surface area contributed by atoms with E-state index in [1.807, 2.05) is 60.7 Å². The van der Waals surface area contributed by atoms with Crippen LogP contribution in [0.15, 0.2) is 103 Å². The van der Waals surface area contributed by atoms with Crippen molar-refractivity contribution in [1.29, 1.82) is 0 Å². The van der Waals surface area contributed by atoms with Crippen molar-refractivity contribution in [1.82, 2.24) is 20.4 Å². The zero-order valence-corrected chi connectivity index (χ0v) is 26.3. The Morgan fingerprint density at radius 2 is 1.67 bits per heavy atom. The molecule has 1 aromatic heterocycles. The molecule has 1 unspecified atom stereocenters. The maximum atomic E-state index is 13.1. The summed E-state index contributed by atoms with van der Waals surface area (Å²) in [5.74, 6) is -1.25.